The van der Waals surface area contributed by atoms with Gasteiger partial charge in [-0.2, -0.15) is 0 Å². The van der Waals surface area contributed by atoms with Crippen LogP contribution in [0.3, 0.4) is 0 Å². The van der Waals surface area contributed by atoms with Gasteiger partial charge in [-0.15, -0.1) is 36.2 Å². The van der Waals surface area contributed by atoms with Crippen molar-refractivity contribution in [1.82, 2.24) is 15.0 Å². The van der Waals surface area contributed by atoms with Crippen molar-refractivity contribution in [2.45, 2.75) is 6.54 Å². The molecule has 0 unspecified atom stereocenters. The van der Waals surface area contributed by atoms with Crippen LogP contribution < -0.4 is 10.9 Å². The highest BCUT2D eigenvalue weighted by Crippen LogP contribution is 2.23. The molecule has 0 fully saturated rings. The number of hydrogen-bond acceptors (Lipinski definition) is 6. The molecule has 0 radical (unpaired) electrons. The number of pyridine rings is 1. The Morgan fingerprint density at radius 3 is 2.74 bits per heavy atom. The number of halogens is 2. The summed E-state index contributed by atoms with van der Waals surface area (Å²) >= 11 is 1.29. The minimum atomic E-state index is -1.10. The highest BCUT2D eigenvalue weighted by Gasteiger charge is 2.14. The van der Waals surface area contributed by atoms with Gasteiger partial charge in [0.15, 0.2) is 5.69 Å². The summed E-state index contributed by atoms with van der Waals surface area (Å²) in [6.07, 6.45) is 0. The number of aromatic carboxylic acids is 1. The Bertz CT molecular complexity index is 881. The lowest BCUT2D eigenvalue weighted by molar-refractivity contribution is 0.0693. The number of carbonyl (C=O) groups is 1. The normalized spacial score (nSPS) is 9.74. The number of aromatic amines is 1. The number of fused-ring (bicyclic) bond motifs is 1. The third-order valence-corrected chi connectivity index (χ3v) is 3.68. The number of nitrogens with zero attached hydrogens (tertiary/aromatic N) is 2. The molecule has 3 aromatic heterocycles. The average molecular weight is 375 g/mol. The van der Waals surface area contributed by atoms with Crippen LogP contribution in [0.5, 0.6) is 0 Å². The molecular formula is C13H12Cl2N4O3S. The van der Waals surface area contributed by atoms with E-state index in [1.807, 2.05) is 0 Å². The number of aromatic nitrogens is 3. The van der Waals surface area contributed by atoms with Crippen LogP contribution in [0.2, 0.25) is 0 Å². The lowest BCUT2D eigenvalue weighted by atomic mass is 10.3. The van der Waals surface area contributed by atoms with Crippen LogP contribution in [0, 0.1) is 0 Å². The summed E-state index contributed by atoms with van der Waals surface area (Å²) in [7, 11) is 0. The number of carboxylic acid groups (broad SMARTS) is 1. The molecule has 10 heteroatoms. The summed E-state index contributed by atoms with van der Waals surface area (Å²) in [4.78, 5) is 33.3. The molecule has 0 atom stereocenters. The van der Waals surface area contributed by atoms with Crippen LogP contribution >= 0.6 is 36.2 Å². The van der Waals surface area contributed by atoms with Crippen molar-refractivity contribution in [3.8, 4) is 0 Å². The number of thiophene rings is 1. The Labute approximate surface area is 146 Å². The molecular weight excluding hydrogens is 363 g/mol. The predicted octanol–water partition coefficient (Wildman–Crippen LogP) is 2.53. The minimum absolute atomic E-state index is 0. The van der Waals surface area contributed by atoms with Gasteiger partial charge in [0, 0.05) is 11.8 Å². The second-order valence-corrected chi connectivity index (χ2v) is 5.15. The van der Waals surface area contributed by atoms with Gasteiger partial charge in [-0.1, -0.05) is 6.07 Å². The summed E-state index contributed by atoms with van der Waals surface area (Å²) in [6.45, 7) is 0.296. The Morgan fingerprint density at radius 1 is 1.26 bits per heavy atom. The van der Waals surface area contributed by atoms with Gasteiger partial charge in [0.05, 0.1) is 16.8 Å². The number of rotatable bonds is 4. The van der Waals surface area contributed by atoms with Crippen molar-refractivity contribution >= 4 is 58.3 Å². The number of H-pyrrole nitrogens is 1. The van der Waals surface area contributed by atoms with Gasteiger partial charge in [-0.05, 0) is 17.5 Å². The zero-order valence-electron chi connectivity index (χ0n) is 11.5. The maximum absolute atomic E-state index is 11.2. The lowest BCUT2D eigenvalue weighted by Crippen LogP contribution is -2.12. The Hall–Kier alpha value is -2.16. The van der Waals surface area contributed by atoms with E-state index in [4.69, 9.17) is 0 Å². The van der Waals surface area contributed by atoms with Gasteiger partial charge >= 0.3 is 5.97 Å². The Balaban J connectivity index is 0.00000132. The van der Waals surface area contributed by atoms with E-state index in [9.17, 15) is 14.7 Å². The monoisotopic (exact) mass is 374 g/mol. The molecule has 0 aliphatic carbocycles. The van der Waals surface area contributed by atoms with Crippen LogP contribution in [0.25, 0.3) is 10.2 Å². The zero-order chi connectivity index (χ0) is 14.8. The number of hydrogen-bond donors (Lipinski definition) is 3. The Morgan fingerprint density at radius 2 is 2.04 bits per heavy atom. The van der Waals surface area contributed by atoms with Crippen molar-refractivity contribution in [3.63, 3.8) is 0 Å². The minimum Gasteiger partial charge on any atom is -0.476 e. The smallest absolute Gasteiger partial charge is 0.356 e. The molecule has 0 saturated heterocycles. The van der Waals surface area contributed by atoms with E-state index in [1.165, 1.54) is 17.4 Å². The highest BCUT2D eigenvalue weighted by atomic mass is 35.5. The van der Waals surface area contributed by atoms with Crippen LogP contribution in [-0.2, 0) is 6.54 Å². The van der Waals surface area contributed by atoms with Crippen molar-refractivity contribution in [2.24, 2.45) is 0 Å². The summed E-state index contributed by atoms with van der Waals surface area (Å²) in [5.74, 6) is -0.885. The predicted molar refractivity (Wildman–Crippen MR) is 93.3 cm³/mol. The molecule has 0 amide bonds. The first-order valence-electron chi connectivity index (χ1n) is 6.04. The third kappa shape index (κ3) is 4.19. The molecule has 0 saturated carbocycles. The number of carboxylic acids is 1. The van der Waals surface area contributed by atoms with E-state index < -0.39 is 5.97 Å². The lowest BCUT2D eigenvalue weighted by Gasteiger charge is -2.06. The van der Waals surface area contributed by atoms with Gasteiger partial charge in [0.1, 0.15) is 0 Å². The SMILES string of the molecule is Cl.Cl.O=C(O)c1nc(NCc2cccc(=O)[nH]2)nc2ccsc12. The molecule has 3 heterocycles. The molecule has 7 nitrogen and oxygen atoms in total. The van der Waals surface area contributed by atoms with Crippen LogP contribution in [0.4, 0.5) is 5.95 Å². The molecule has 0 aliphatic heterocycles. The number of anilines is 1. The van der Waals surface area contributed by atoms with Gasteiger partial charge in [-0.25, -0.2) is 14.8 Å². The molecule has 0 aliphatic rings. The van der Waals surface area contributed by atoms with Crippen LogP contribution in [-0.4, -0.2) is 26.0 Å². The van der Waals surface area contributed by atoms with Crippen molar-refractivity contribution in [1.29, 1.82) is 0 Å². The maximum atomic E-state index is 11.2. The van der Waals surface area contributed by atoms with E-state index in [2.05, 4.69) is 20.3 Å². The Kier molecular flexibility index (Phi) is 6.49. The number of nitrogens with one attached hydrogen (secondary N) is 2. The van der Waals surface area contributed by atoms with Crippen LogP contribution in [0.1, 0.15) is 16.2 Å². The van der Waals surface area contributed by atoms with Crippen molar-refractivity contribution in [3.05, 3.63) is 51.4 Å². The summed E-state index contributed by atoms with van der Waals surface area (Å²) in [5.41, 5.74) is 1.01. The summed E-state index contributed by atoms with van der Waals surface area (Å²) in [6, 6.07) is 6.54. The molecule has 0 spiro atoms. The van der Waals surface area contributed by atoms with E-state index in [0.29, 0.717) is 22.5 Å². The highest BCUT2D eigenvalue weighted by molar-refractivity contribution is 7.17. The van der Waals surface area contributed by atoms with Crippen LogP contribution in [0.15, 0.2) is 34.4 Å². The third-order valence-electron chi connectivity index (χ3n) is 2.77. The summed E-state index contributed by atoms with van der Waals surface area (Å²) < 4.78 is 0.543. The molecule has 23 heavy (non-hydrogen) atoms. The topological polar surface area (TPSA) is 108 Å². The van der Waals surface area contributed by atoms with Gasteiger partial charge in [0.2, 0.25) is 11.5 Å². The molecule has 0 aromatic carbocycles. The fourth-order valence-corrected chi connectivity index (χ4v) is 2.67. The largest absolute Gasteiger partial charge is 0.476 e. The summed E-state index contributed by atoms with van der Waals surface area (Å²) in [5, 5.41) is 13.9. The van der Waals surface area contributed by atoms with Gasteiger partial charge < -0.3 is 15.4 Å². The maximum Gasteiger partial charge on any atom is 0.356 e. The van der Waals surface area contributed by atoms with Crippen molar-refractivity contribution in [2.75, 3.05) is 5.32 Å². The van der Waals surface area contributed by atoms with E-state index in [-0.39, 0.29) is 42.0 Å². The van der Waals surface area contributed by atoms with E-state index >= 15 is 0 Å². The molecule has 122 valence electrons. The molecule has 0 bridgehead atoms. The second kappa shape index (κ2) is 7.91. The van der Waals surface area contributed by atoms with Crippen molar-refractivity contribution < 1.29 is 9.90 Å². The quantitative estimate of drug-likeness (QED) is 0.647. The van der Waals surface area contributed by atoms with E-state index in [0.717, 1.165) is 0 Å². The molecule has 3 N–H and O–H groups in total. The average Bonchev–Trinajstić information content (AvgIpc) is 2.92. The molecule has 3 rings (SSSR count). The fourth-order valence-electron chi connectivity index (χ4n) is 1.86. The van der Waals surface area contributed by atoms with Gasteiger partial charge in [-0.3, -0.25) is 4.79 Å². The second-order valence-electron chi connectivity index (χ2n) is 4.23. The van der Waals surface area contributed by atoms with Gasteiger partial charge in [0.25, 0.3) is 0 Å². The molecule has 3 aromatic rings. The first-order valence-corrected chi connectivity index (χ1v) is 6.92. The first kappa shape index (κ1) is 18.9. The van der Waals surface area contributed by atoms with E-state index in [1.54, 1.807) is 23.6 Å². The zero-order valence-corrected chi connectivity index (χ0v) is 13.9. The first-order chi connectivity index (χ1) is 10.1. The fraction of sp³-hybridized carbons (Fsp3) is 0.0769. The standard InChI is InChI=1S/C13H10N4O3S.2ClH/c18-9-3-1-2-7(15-9)6-14-13-16-8-4-5-21-11(8)10(17-13)12(19)20;;/h1-5H,6H2,(H,15,18)(H,19,20)(H,14,16,17);2*1H.